The number of hydrogen-bond donors (Lipinski definition) is 3. The Labute approximate surface area is 295 Å². The number of thioether (sulfide) groups is 1. The van der Waals surface area contributed by atoms with Gasteiger partial charge in [-0.3, -0.25) is 0 Å². The van der Waals surface area contributed by atoms with Gasteiger partial charge in [-0.25, -0.2) is 0 Å². The highest BCUT2D eigenvalue weighted by Gasteiger charge is 2.64. The highest BCUT2D eigenvalue weighted by molar-refractivity contribution is 8.00. The number of aromatic hydroxyl groups is 1. The number of benzene rings is 3. The molecule has 1 fully saturated rings. The summed E-state index contributed by atoms with van der Waals surface area (Å²) in [4.78, 5) is 7.29. The zero-order chi connectivity index (χ0) is 34.6. The van der Waals surface area contributed by atoms with Crippen LogP contribution in [0.15, 0.2) is 95.0 Å². The highest BCUT2D eigenvalue weighted by atomic mass is 32.2. The molecule has 2 aliphatic carbocycles. The Balaban J connectivity index is 1.56. The van der Waals surface area contributed by atoms with E-state index < -0.39 is 11.4 Å². The smallest absolute Gasteiger partial charge is 0.231 e. The predicted octanol–water partition coefficient (Wildman–Crippen LogP) is 8.77. The zero-order valence-electron chi connectivity index (χ0n) is 29.0. The molecular formula is C41H51NO6S. The van der Waals surface area contributed by atoms with Crippen LogP contribution in [0, 0.1) is 17.8 Å². The molecule has 0 amide bonds. The summed E-state index contributed by atoms with van der Waals surface area (Å²) >= 11 is 1.75. The maximum Gasteiger partial charge on any atom is 0.231 e. The minimum Gasteiger partial charge on any atom is -0.508 e. The molecule has 262 valence electrons. The van der Waals surface area contributed by atoms with Crippen LogP contribution in [0.2, 0.25) is 0 Å². The molecular weight excluding hydrogens is 635 g/mol. The number of hydrogen-bond acceptors (Lipinski definition) is 8. The third kappa shape index (κ3) is 7.58. The number of fused-ring (bicyclic) bond motifs is 3. The lowest BCUT2D eigenvalue weighted by molar-refractivity contribution is -0.223. The number of nitrogens with zero attached hydrogens (tertiary/aromatic N) is 1. The van der Waals surface area contributed by atoms with Crippen molar-refractivity contribution in [2.75, 3.05) is 19.8 Å². The summed E-state index contributed by atoms with van der Waals surface area (Å²) in [5, 5.41) is 37.4. The minimum absolute atomic E-state index is 0.0571. The van der Waals surface area contributed by atoms with Gasteiger partial charge in [-0.2, -0.15) is 0 Å². The molecule has 6 atom stereocenters. The summed E-state index contributed by atoms with van der Waals surface area (Å²) in [6.07, 6.45) is 9.79. The standard InChI is InChI=1S/C41H51NO6S/c1-5-22-46-41-37(49-31-18-16-27-12-6-7-13-28(27)23-31)26-35(42-48-40(2,3)4)33-24-29(14-8-10-20-43)32(15-9-11-21-44)38(39(33)41)34-25-30(45)17-19-36(34)47-41/h5-7,12-13,16-19,23-25,29,32,37-39,43-45H,1,8-11,14-15,20-22,26H2,2-4H3/t29-,32+,37-,38+,39+,41+/m0/s1. The number of unbranched alkanes of at least 4 members (excludes halogenated alkanes) is 2. The summed E-state index contributed by atoms with van der Waals surface area (Å²) in [5.74, 6) is -0.0762. The van der Waals surface area contributed by atoms with Gasteiger partial charge >= 0.3 is 0 Å². The van der Waals surface area contributed by atoms with E-state index in [-0.39, 0.29) is 47.9 Å². The average molecular weight is 686 g/mol. The first-order chi connectivity index (χ1) is 23.7. The third-order valence-electron chi connectivity index (χ3n) is 10.1. The number of phenolic OH excluding ortho intramolecular Hbond substituents is 1. The normalized spacial score (nSPS) is 26.8. The molecule has 0 aromatic heterocycles. The summed E-state index contributed by atoms with van der Waals surface area (Å²) in [6, 6.07) is 20.4. The maximum absolute atomic E-state index is 10.9. The van der Waals surface area contributed by atoms with Gasteiger partial charge in [0.15, 0.2) is 0 Å². The van der Waals surface area contributed by atoms with E-state index in [9.17, 15) is 15.3 Å². The van der Waals surface area contributed by atoms with Gasteiger partial charge in [0.05, 0.1) is 23.5 Å². The van der Waals surface area contributed by atoms with E-state index in [0.29, 0.717) is 13.0 Å². The van der Waals surface area contributed by atoms with Crippen LogP contribution in [0.4, 0.5) is 0 Å². The van der Waals surface area contributed by atoms with Gasteiger partial charge in [-0.1, -0.05) is 60.5 Å². The molecule has 49 heavy (non-hydrogen) atoms. The van der Waals surface area contributed by atoms with Crippen molar-refractivity contribution in [3.63, 3.8) is 0 Å². The number of aliphatic hydroxyl groups excluding tert-OH is 2. The second kappa shape index (κ2) is 15.3. The summed E-state index contributed by atoms with van der Waals surface area (Å²) < 4.78 is 14.2. The van der Waals surface area contributed by atoms with Crippen molar-refractivity contribution in [3.8, 4) is 11.5 Å². The Hall–Kier alpha value is -3.30. The molecule has 0 radical (unpaired) electrons. The Kier molecular flexibility index (Phi) is 11.1. The third-order valence-corrected chi connectivity index (χ3v) is 11.4. The van der Waals surface area contributed by atoms with Crippen LogP contribution < -0.4 is 4.74 Å². The van der Waals surface area contributed by atoms with Crippen molar-refractivity contribution in [2.45, 2.75) is 93.2 Å². The van der Waals surface area contributed by atoms with Crippen molar-refractivity contribution < 1.29 is 29.6 Å². The topological polar surface area (TPSA) is 101 Å². The molecule has 0 bridgehead atoms. The van der Waals surface area contributed by atoms with Gasteiger partial charge in [0.25, 0.3) is 0 Å². The Bertz CT molecular complexity index is 1680. The van der Waals surface area contributed by atoms with Crippen LogP contribution in [-0.2, 0) is 9.57 Å². The second-order valence-corrected chi connectivity index (χ2v) is 15.9. The summed E-state index contributed by atoms with van der Waals surface area (Å²) in [6.45, 7) is 10.7. The Morgan fingerprint density at radius 2 is 1.73 bits per heavy atom. The fourth-order valence-electron chi connectivity index (χ4n) is 8.03. The van der Waals surface area contributed by atoms with Gasteiger partial charge < -0.3 is 29.6 Å². The van der Waals surface area contributed by atoms with Crippen molar-refractivity contribution in [3.05, 3.63) is 90.5 Å². The van der Waals surface area contributed by atoms with Crippen LogP contribution in [-0.4, -0.2) is 57.5 Å². The quantitative estimate of drug-likeness (QED) is 0.0886. The largest absolute Gasteiger partial charge is 0.508 e. The number of oxime groups is 1. The molecule has 8 heteroatoms. The second-order valence-electron chi connectivity index (χ2n) is 14.6. The van der Waals surface area contributed by atoms with E-state index >= 15 is 0 Å². The molecule has 3 aliphatic rings. The fraction of sp³-hybridized carbons (Fsp3) is 0.488. The molecule has 1 saturated carbocycles. The van der Waals surface area contributed by atoms with E-state index in [1.54, 1.807) is 23.9 Å². The fourth-order valence-corrected chi connectivity index (χ4v) is 9.37. The predicted molar refractivity (Wildman–Crippen MR) is 197 cm³/mol. The molecule has 3 aromatic rings. The first kappa shape index (κ1) is 35.5. The first-order valence-corrected chi connectivity index (χ1v) is 18.7. The number of phenols is 1. The van der Waals surface area contributed by atoms with Gasteiger partial charge in [-0.15, -0.1) is 18.3 Å². The van der Waals surface area contributed by atoms with Crippen LogP contribution in [0.1, 0.15) is 77.2 Å². The molecule has 3 aromatic carbocycles. The van der Waals surface area contributed by atoms with Crippen molar-refractivity contribution in [2.24, 2.45) is 22.9 Å². The van der Waals surface area contributed by atoms with E-state index in [2.05, 4.69) is 55.1 Å². The highest BCUT2D eigenvalue weighted by Crippen LogP contribution is 2.63. The Morgan fingerprint density at radius 3 is 2.47 bits per heavy atom. The molecule has 0 unspecified atom stereocenters. The summed E-state index contributed by atoms with van der Waals surface area (Å²) in [5.41, 5.74) is 2.47. The SMILES string of the molecule is C=CCO[C@@]12Oc3ccc(O)cc3[C@H]3[C@H](CCCCO)[C@@H](CCCCO)C=C(C(=NOC(C)(C)C)C[C@@H]1Sc1ccc4ccccc4c1)[C@H]32. The maximum atomic E-state index is 10.9. The minimum atomic E-state index is -1.07. The number of aliphatic hydroxyl groups is 2. The molecule has 1 aliphatic heterocycles. The summed E-state index contributed by atoms with van der Waals surface area (Å²) in [7, 11) is 0. The molecule has 6 rings (SSSR count). The van der Waals surface area contributed by atoms with E-state index in [1.807, 2.05) is 32.9 Å². The number of ether oxygens (including phenoxy) is 2. The van der Waals surface area contributed by atoms with Crippen molar-refractivity contribution in [1.82, 2.24) is 0 Å². The molecule has 0 saturated heterocycles. The van der Waals surface area contributed by atoms with Gasteiger partial charge in [0.1, 0.15) is 17.1 Å². The lowest BCUT2D eigenvalue weighted by Crippen LogP contribution is -2.64. The van der Waals surface area contributed by atoms with Crippen LogP contribution in [0.5, 0.6) is 11.5 Å². The molecule has 1 heterocycles. The number of rotatable bonds is 14. The molecule has 3 N–H and O–H groups in total. The number of allylic oxidation sites excluding steroid dienone is 1. The Morgan fingerprint density at radius 1 is 0.980 bits per heavy atom. The molecule has 7 nitrogen and oxygen atoms in total. The van der Waals surface area contributed by atoms with Gasteiger partial charge in [-0.05, 0) is 105 Å². The van der Waals surface area contributed by atoms with Gasteiger partial charge in [0, 0.05) is 36.0 Å². The van der Waals surface area contributed by atoms with Crippen LogP contribution in [0.3, 0.4) is 0 Å². The lowest BCUT2D eigenvalue weighted by atomic mass is 9.56. The van der Waals surface area contributed by atoms with Crippen LogP contribution >= 0.6 is 11.8 Å². The van der Waals surface area contributed by atoms with Crippen molar-refractivity contribution >= 4 is 28.2 Å². The van der Waals surface area contributed by atoms with E-state index in [4.69, 9.17) is 19.5 Å². The van der Waals surface area contributed by atoms with Crippen LogP contribution in [0.25, 0.3) is 10.8 Å². The first-order valence-electron chi connectivity index (χ1n) is 17.8. The molecule has 0 spiro atoms. The average Bonchev–Trinajstić information content (AvgIpc) is 3.08. The monoisotopic (exact) mass is 685 g/mol. The lowest BCUT2D eigenvalue weighted by Gasteiger charge is -2.58. The van der Waals surface area contributed by atoms with E-state index in [0.717, 1.165) is 66.0 Å². The van der Waals surface area contributed by atoms with Crippen molar-refractivity contribution in [1.29, 1.82) is 0 Å². The van der Waals surface area contributed by atoms with Gasteiger partial charge in [0.2, 0.25) is 5.79 Å². The zero-order valence-corrected chi connectivity index (χ0v) is 29.8. The van der Waals surface area contributed by atoms with E-state index in [1.165, 1.54) is 10.8 Å².